The van der Waals surface area contributed by atoms with Gasteiger partial charge in [0.05, 0.1) is 5.75 Å². The molecule has 3 unspecified atom stereocenters. The fourth-order valence-electron chi connectivity index (χ4n) is 3.12. The Balaban J connectivity index is 2.24. The summed E-state index contributed by atoms with van der Waals surface area (Å²) in [6, 6.07) is 0.156. The molecular weight excluding hydrogens is 272 g/mol. The summed E-state index contributed by atoms with van der Waals surface area (Å²) in [6.07, 6.45) is 6.10. The molecule has 5 heteroatoms. The Kier molecular flexibility index (Phi) is 8.07. The summed E-state index contributed by atoms with van der Waals surface area (Å²) in [5, 5.41) is 3.30. The molecule has 1 fully saturated rings. The molecule has 0 aromatic rings. The van der Waals surface area contributed by atoms with Gasteiger partial charge in [0, 0.05) is 6.04 Å². The van der Waals surface area contributed by atoms with E-state index in [4.69, 9.17) is 0 Å². The molecule has 1 aliphatic rings. The standard InChI is InChI=1S/C15H32N2O2S/c1-4-10-16-11-6-7-12-20(18,19)17-15-9-8-14(5-2)13(15)3/h13-17H,4-12H2,1-3H3. The van der Waals surface area contributed by atoms with Gasteiger partial charge < -0.3 is 5.32 Å². The van der Waals surface area contributed by atoms with E-state index in [1.807, 2.05) is 0 Å². The number of rotatable bonds is 10. The van der Waals surface area contributed by atoms with Gasteiger partial charge in [-0.3, -0.25) is 0 Å². The minimum atomic E-state index is -3.10. The van der Waals surface area contributed by atoms with Crippen molar-refractivity contribution in [1.29, 1.82) is 0 Å². The summed E-state index contributed by atoms with van der Waals surface area (Å²) in [4.78, 5) is 0. The van der Waals surface area contributed by atoms with Crippen LogP contribution in [0.4, 0.5) is 0 Å². The van der Waals surface area contributed by atoms with Gasteiger partial charge in [-0.05, 0) is 57.0 Å². The first-order chi connectivity index (χ1) is 9.50. The van der Waals surface area contributed by atoms with E-state index in [-0.39, 0.29) is 11.8 Å². The van der Waals surface area contributed by atoms with Gasteiger partial charge in [0.2, 0.25) is 10.0 Å². The van der Waals surface area contributed by atoms with Crippen molar-refractivity contribution in [3.63, 3.8) is 0 Å². The molecule has 0 bridgehead atoms. The third-order valence-corrected chi connectivity index (χ3v) is 6.01. The molecule has 0 radical (unpaired) electrons. The van der Waals surface area contributed by atoms with Gasteiger partial charge in [-0.1, -0.05) is 27.2 Å². The summed E-state index contributed by atoms with van der Waals surface area (Å²) >= 11 is 0. The highest BCUT2D eigenvalue weighted by atomic mass is 32.2. The monoisotopic (exact) mass is 304 g/mol. The van der Waals surface area contributed by atoms with Gasteiger partial charge in [0.15, 0.2) is 0 Å². The molecule has 3 atom stereocenters. The molecule has 0 saturated heterocycles. The molecule has 0 spiro atoms. The number of nitrogens with one attached hydrogen (secondary N) is 2. The molecule has 0 aromatic heterocycles. The van der Waals surface area contributed by atoms with Gasteiger partial charge in [-0.2, -0.15) is 0 Å². The van der Waals surface area contributed by atoms with Crippen LogP contribution in [0.3, 0.4) is 0 Å². The second-order valence-corrected chi connectivity index (χ2v) is 7.98. The lowest BCUT2D eigenvalue weighted by Crippen LogP contribution is -2.38. The fourth-order valence-corrected chi connectivity index (χ4v) is 4.62. The number of sulfonamides is 1. The van der Waals surface area contributed by atoms with Crippen LogP contribution in [-0.2, 0) is 10.0 Å². The zero-order valence-electron chi connectivity index (χ0n) is 13.3. The molecule has 0 aromatic carbocycles. The summed E-state index contributed by atoms with van der Waals surface area (Å²) in [7, 11) is -3.10. The van der Waals surface area contributed by atoms with E-state index in [1.54, 1.807) is 0 Å². The van der Waals surface area contributed by atoms with E-state index >= 15 is 0 Å². The van der Waals surface area contributed by atoms with Crippen molar-refractivity contribution < 1.29 is 8.42 Å². The smallest absolute Gasteiger partial charge is 0.211 e. The molecule has 4 nitrogen and oxygen atoms in total. The lowest BCUT2D eigenvalue weighted by atomic mass is 9.94. The van der Waals surface area contributed by atoms with Crippen LogP contribution in [0.15, 0.2) is 0 Å². The quantitative estimate of drug-likeness (QED) is 0.610. The van der Waals surface area contributed by atoms with Crippen molar-refractivity contribution in [2.45, 2.75) is 65.3 Å². The van der Waals surface area contributed by atoms with Crippen molar-refractivity contribution in [3.8, 4) is 0 Å². The molecule has 2 N–H and O–H groups in total. The predicted octanol–water partition coefficient (Wildman–Crippen LogP) is 2.51. The van der Waals surface area contributed by atoms with Crippen LogP contribution >= 0.6 is 0 Å². The van der Waals surface area contributed by atoms with E-state index < -0.39 is 10.0 Å². The van der Waals surface area contributed by atoms with Gasteiger partial charge in [0.25, 0.3) is 0 Å². The van der Waals surface area contributed by atoms with E-state index in [0.29, 0.717) is 11.8 Å². The maximum atomic E-state index is 12.1. The SMILES string of the molecule is CCCNCCCCS(=O)(=O)NC1CCC(CC)C1C. The highest BCUT2D eigenvalue weighted by Gasteiger charge is 2.33. The summed E-state index contributed by atoms with van der Waals surface area (Å²) < 4.78 is 27.1. The Morgan fingerprint density at radius 2 is 1.85 bits per heavy atom. The van der Waals surface area contributed by atoms with Gasteiger partial charge in [-0.15, -0.1) is 0 Å². The highest BCUT2D eigenvalue weighted by molar-refractivity contribution is 7.89. The normalized spacial score (nSPS) is 27.1. The Bertz CT molecular complexity index is 357. The van der Waals surface area contributed by atoms with E-state index in [9.17, 15) is 8.42 Å². The Morgan fingerprint density at radius 3 is 2.45 bits per heavy atom. The van der Waals surface area contributed by atoms with Crippen molar-refractivity contribution in [3.05, 3.63) is 0 Å². The molecular formula is C15H32N2O2S. The molecule has 120 valence electrons. The predicted molar refractivity (Wildman–Crippen MR) is 85.3 cm³/mol. The van der Waals surface area contributed by atoms with E-state index in [0.717, 1.165) is 51.6 Å². The second kappa shape index (κ2) is 9.00. The number of unbranched alkanes of at least 4 members (excludes halogenated alkanes) is 1. The number of hydrogen-bond donors (Lipinski definition) is 2. The first-order valence-electron chi connectivity index (χ1n) is 8.20. The Morgan fingerprint density at radius 1 is 1.10 bits per heavy atom. The largest absolute Gasteiger partial charge is 0.317 e. The van der Waals surface area contributed by atoms with E-state index in [1.165, 1.54) is 0 Å². The molecule has 1 rings (SSSR count). The second-order valence-electron chi connectivity index (χ2n) is 6.11. The minimum absolute atomic E-state index is 0.156. The van der Waals surface area contributed by atoms with Gasteiger partial charge >= 0.3 is 0 Å². The summed E-state index contributed by atoms with van der Waals surface area (Å²) in [5.74, 6) is 1.42. The number of hydrogen-bond acceptors (Lipinski definition) is 3. The van der Waals surface area contributed by atoms with Gasteiger partial charge in [0.1, 0.15) is 0 Å². The summed E-state index contributed by atoms with van der Waals surface area (Å²) in [5.41, 5.74) is 0. The van der Waals surface area contributed by atoms with Gasteiger partial charge in [-0.25, -0.2) is 13.1 Å². The third-order valence-electron chi connectivity index (χ3n) is 4.53. The average molecular weight is 305 g/mol. The van der Waals surface area contributed by atoms with Crippen LogP contribution in [0.2, 0.25) is 0 Å². The first kappa shape index (κ1) is 17.9. The molecule has 0 aliphatic heterocycles. The molecule has 1 aliphatic carbocycles. The molecule has 0 amide bonds. The molecule has 0 heterocycles. The average Bonchev–Trinajstić information content (AvgIpc) is 2.74. The maximum Gasteiger partial charge on any atom is 0.211 e. The zero-order chi connectivity index (χ0) is 15.0. The van der Waals surface area contributed by atoms with Crippen molar-refractivity contribution in [1.82, 2.24) is 10.0 Å². The van der Waals surface area contributed by atoms with Crippen LogP contribution in [-0.4, -0.2) is 33.3 Å². The van der Waals surface area contributed by atoms with Crippen LogP contribution in [0.1, 0.15) is 59.3 Å². The van der Waals surface area contributed by atoms with Crippen LogP contribution < -0.4 is 10.0 Å². The molecule has 20 heavy (non-hydrogen) atoms. The molecule has 1 saturated carbocycles. The van der Waals surface area contributed by atoms with Crippen LogP contribution in [0.5, 0.6) is 0 Å². The Hall–Kier alpha value is -0.130. The van der Waals surface area contributed by atoms with Crippen molar-refractivity contribution in [2.24, 2.45) is 11.8 Å². The first-order valence-corrected chi connectivity index (χ1v) is 9.86. The minimum Gasteiger partial charge on any atom is -0.317 e. The van der Waals surface area contributed by atoms with E-state index in [2.05, 4.69) is 30.8 Å². The zero-order valence-corrected chi connectivity index (χ0v) is 14.1. The third kappa shape index (κ3) is 6.10. The summed E-state index contributed by atoms with van der Waals surface area (Å²) in [6.45, 7) is 8.45. The van der Waals surface area contributed by atoms with Crippen molar-refractivity contribution >= 4 is 10.0 Å². The highest BCUT2D eigenvalue weighted by Crippen LogP contribution is 2.34. The maximum absolute atomic E-state index is 12.1. The fraction of sp³-hybridized carbons (Fsp3) is 1.00. The van der Waals surface area contributed by atoms with Crippen LogP contribution in [0.25, 0.3) is 0 Å². The lowest BCUT2D eigenvalue weighted by molar-refractivity contribution is 0.368. The topological polar surface area (TPSA) is 58.2 Å². The lowest BCUT2D eigenvalue weighted by Gasteiger charge is -2.20. The van der Waals surface area contributed by atoms with Crippen molar-refractivity contribution in [2.75, 3.05) is 18.8 Å². The van der Waals surface area contributed by atoms with Crippen LogP contribution in [0, 0.1) is 11.8 Å². The Labute approximate surface area is 125 Å².